The Bertz CT molecular complexity index is 516. The van der Waals surface area contributed by atoms with E-state index in [-0.39, 0.29) is 24.2 Å². The van der Waals surface area contributed by atoms with Crippen LogP contribution in [0.4, 0.5) is 0 Å². The van der Waals surface area contributed by atoms with Gasteiger partial charge >= 0.3 is 0 Å². The molecular weight excluding hydrogens is 412 g/mol. The van der Waals surface area contributed by atoms with E-state index in [4.69, 9.17) is 19.7 Å². The fourth-order valence-electron chi connectivity index (χ4n) is 1.87. The SMILES string of the molecule is CC(C)C.CC(OC(C)(C)C)C(C=O)NCc1ccccc1.CNCC=O.CO.O=CO. The molecule has 1 aromatic rings. The molecule has 0 heterocycles. The Morgan fingerprint density at radius 3 is 1.72 bits per heavy atom. The van der Waals surface area contributed by atoms with Crippen LogP contribution in [0, 0.1) is 5.92 Å². The van der Waals surface area contributed by atoms with Crippen LogP contribution in [0.15, 0.2) is 30.3 Å². The van der Waals surface area contributed by atoms with E-state index in [0.717, 1.165) is 31.2 Å². The van der Waals surface area contributed by atoms with Gasteiger partial charge in [-0.3, -0.25) is 4.79 Å². The van der Waals surface area contributed by atoms with Gasteiger partial charge in [0.15, 0.2) is 0 Å². The first-order valence-corrected chi connectivity index (χ1v) is 10.5. The molecule has 0 saturated carbocycles. The monoisotopic (exact) mass is 458 g/mol. The maximum Gasteiger partial charge on any atom is 0.290 e. The maximum absolute atomic E-state index is 11.1. The Labute approximate surface area is 194 Å². The number of aliphatic hydroxyl groups is 1. The standard InChI is InChI=1S/C15H23NO2.C4H10.C3H7NO.CH2O2.CH4O/c1-12(18-15(2,3)4)14(11-17)16-10-13-8-6-5-7-9-13;1-4(2)3;1-4-2-3-5;2-1-3;1-2/h5-9,11-12,14,16H,10H2,1-4H3;4H,1-3H3;3-4H,2H2,1H3;1H,(H,2,3);2H,1H3. The van der Waals surface area contributed by atoms with E-state index in [1.807, 2.05) is 58.0 Å². The minimum atomic E-state index is -0.288. The van der Waals surface area contributed by atoms with Crippen LogP contribution in [0.2, 0.25) is 0 Å². The fourth-order valence-corrected chi connectivity index (χ4v) is 1.87. The molecule has 0 aliphatic carbocycles. The van der Waals surface area contributed by atoms with Gasteiger partial charge in [-0.1, -0.05) is 51.1 Å². The number of nitrogens with one attached hydrogen (secondary N) is 2. The molecule has 32 heavy (non-hydrogen) atoms. The van der Waals surface area contributed by atoms with Crippen LogP contribution in [0.5, 0.6) is 0 Å². The summed E-state index contributed by atoms with van der Waals surface area (Å²) in [5, 5.41) is 19.8. The highest BCUT2D eigenvalue weighted by atomic mass is 16.5. The van der Waals surface area contributed by atoms with E-state index in [2.05, 4.69) is 31.4 Å². The first-order chi connectivity index (χ1) is 15.0. The van der Waals surface area contributed by atoms with Crippen LogP contribution >= 0.6 is 0 Å². The van der Waals surface area contributed by atoms with E-state index < -0.39 is 0 Å². The first kappa shape index (κ1) is 37.2. The molecule has 0 aliphatic rings. The van der Waals surface area contributed by atoms with Crippen molar-refractivity contribution in [1.29, 1.82) is 0 Å². The first-order valence-electron chi connectivity index (χ1n) is 10.5. The Morgan fingerprint density at radius 1 is 1.00 bits per heavy atom. The quantitative estimate of drug-likeness (QED) is 0.438. The predicted octanol–water partition coefficient (Wildman–Crippen LogP) is 2.92. The van der Waals surface area contributed by atoms with Crippen LogP contribution in [0.1, 0.15) is 54.0 Å². The number of likely N-dealkylation sites (N-methyl/N-ethyl adjacent to an activating group) is 1. The topological polar surface area (TPSA) is 125 Å². The second-order valence-corrected chi connectivity index (χ2v) is 8.03. The summed E-state index contributed by atoms with van der Waals surface area (Å²) in [6.07, 6.45) is 1.59. The molecule has 0 amide bonds. The lowest BCUT2D eigenvalue weighted by Crippen LogP contribution is -2.43. The number of benzene rings is 1. The lowest BCUT2D eigenvalue weighted by atomic mass is 10.1. The van der Waals surface area contributed by atoms with Gasteiger partial charge in [0.1, 0.15) is 12.6 Å². The molecule has 0 spiro atoms. The van der Waals surface area contributed by atoms with E-state index in [9.17, 15) is 9.59 Å². The third kappa shape index (κ3) is 35.3. The number of carbonyl (C=O) groups excluding carboxylic acids is 2. The number of rotatable bonds is 8. The van der Waals surface area contributed by atoms with Crippen molar-refractivity contribution >= 4 is 19.0 Å². The summed E-state index contributed by atoms with van der Waals surface area (Å²) in [5.74, 6) is 0.833. The molecule has 0 aliphatic heterocycles. The fraction of sp³-hybridized carbons (Fsp3) is 0.625. The van der Waals surface area contributed by atoms with Crippen LogP contribution in [0.3, 0.4) is 0 Å². The number of aldehydes is 2. The molecule has 2 atom stereocenters. The van der Waals surface area contributed by atoms with Gasteiger partial charge in [0.2, 0.25) is 0 Å². The molecule has 0 aromatic heterocycles. The molecule has 4 N–H and O–H groups in total. The number of aliphatic hydroxyl groups excluding tert-OH is 1. The zero-order valence-corrected chi connectivity index (χ0v) is 21.3. The largest absolute Gasteiger partial charge is 0.483 e. The van der Waals surface area contributed by atoms with E-state index >= 15 is 0 Å². The summed E-state index contributed by atoms with van der Waals surface area (Å²) in [5.41, 5.74) is 0.919. The zero-order valence-electron chi connectivity index (χ0n) is 21.3. The zero-order chi connectivity index (χ0) is 26.0. The van der Waals surface area contributed by atoms with Gasteiger partial charge in [-0.05, 0) is 46.2 Å². The van der Waals surface area contributed by atoms with Crippen LogP contribution < -0.4 is 10.6 Å². The molecule has 1 aromatic carbocycles. The second kappa shape index (κ2) is 26.9. The number of carboxylic acid groups (broad SMARTS) is 1. The van der Waals surface area contributed by atoms with Gasteiger partial charge < -0.3 is 35.2 Å². The molecule has 0 fully saturated rings. The maximum atomic E-state index is 11.1. The van der Waals surface area contributed by atoms with Crippen LogP contribution in [-0.2, 0) is 25.7 Å². The molecular formula is C24H46N2O6. The van der Waals surface area contributed by atoms with Crippen molar-refractivity contribution in [3.63, 3.8) is 0 Å². The number of ether oxygens (including phenoxy) is 1. The molecule has 8 heteroatoms. The third-order valence-corrected chi connectivity index (χ3v) is 2.86. The molecule has 0 saturated heterocycles. The molecule has 1 rings (SSSR count). The van der Waals surface area contributed by atoms with E-state index in [0.29, 0.717) is 13.1 Å². The van der Waals surface area contributed by atoms with Gasteiger partial charge in [0.05, 0.1) is 24.3 Å². The summed E-state index contributed by atoms with van der Waals surface area (Å²) in [4.78, 5) is 28.8. The van der Waals surface area contributed by atoms with Crippen LogP contribution in [-0.4, -0.2) is 67.7 Å². The molecule has 0 bridgehead atoms. The van der Waals surface area contributed by atoms with Gasteiger partial charge in [-0.15, -0.1) is 0 Å². The Balaban J connectivity index is -0.000000230. The molecule has 188 valence electrons. The lowest BCUT2D eigenvalue weighted by Gasteiger charge is -2.28. The summed E-state index contributed by atoms with van der Waals surface area (Å²) in [6.45, 7) is 15.3. The van der Waals surface area contributed by atoms with E-state index in [1.54, 1.807) is 7.05 Å². The average molecular weight is 459 g/mol. The lowest BCUT2D eigenvalue weighted by molar-refractivity contribution is -0.123. The van der Waals surface area contributed by atoms with Gasteiger partial charge in [0.25, 0.3) is 6.47 Å². The van der Waals surface area contributed by atoms with E-state index in [1.165, 1.54) is 0 Å². The minimum absolute atomic E-state index is 0.147. The van der Waals surface area contributed by atoms with Crippen molar-refractivity contribution in [2.45, 2.75) is 72.8 Å². The summed E-state index contributed by atoms with van der Waals surface area (Å²) in [6, 6.07) is 9.73. The average Bonchev–Trinajstić information content (AvgIpc) is 2.71. The van der Waals surface area contributed by atoms with Crippen molar-refractivity contribution in [2.75, 3.05) is 20.7 Å². The summed E-state index contributed by atoms with van der Waals surface area (Å²) >= 11 is 0. The molecule has 8 nitrogen and oxygen atoms in total. The summed E-state index contributed by atoms with van der Waals surface area (Å²) in [7, 11) is 2.73. The minimum Gasteiger partial charge on any atom is -0.483 e. The highest BCUT2D eigenvalue weighted by Gasteiger charge is 2.22. The predicted molar refractivity (Wildman–Crippen MR) is 131 cm³/mol. The molecule has 0 radical (unpaired) electrons. The van der Waals surface area contributed by atoms with Crippen molar-refractivity contribution in [1.82, 2.24) is 10.6 Å². The Hall–Kier alpha value is -2.13. The number of hydrogen-bond acceptors (Lipinski definition) is 7. The van der Waals surface area contributed by atoms with Crippen molar-refractivity contribution in [2.24, 2.45) is 5.92 Å². The molecule has 2 unspecified atom stereocenters. The van der Waals surface area contributed by atoms with Gasteiger partial charge in [-0.25, -0.2) is 0 Å². The summed E-state index contributed by atoms with van der Waals surface area (Å²) < 4.78 is 5.79. The number of hydrogen-bond donors (Lipinski definition) is 4. The normalized spacial score (nSPS) is 11.3. The Kier molecular flexibility index (Phi) is 31.3. The highest BCUT2D eigenvalue weighted by Crippen LogP contribution is 2.12. The van der Waals surface area contributed by atoms with Gasteiger partial charge in [-0.2, -0.15) is 0 Å². The van der Waals surface area contributed by atoms with Gasteiger partial charge in [0, 0.05) is 13.7 Å². The van der Waals surface area contributed by atoms with Crippen molar-refractivity contribution in [3.05, 3.63) is 35.9 Å². The number of carbonyl (C=O) groups is 3. The third-order valence-electron chi connectivity index (χ3n) is 2.86. The second-order valence-electron chi connectivity index (χ2n) is 8.03. The van der Waals surface area contributed by atoms with Crippen LogP contribution in [0.25, 0.3) is 0 Å². The highest BCUT2D eigenvalue weighted by molar-refractivity contribution is 5.58. The van der Waals surface area contributed by atoms with Crippen molar-refractivity contribution < 1.29 is 29.3 Å². The Morgan fingerprint density at radius 2 is 1.44 bits per heavy atom. The smallest absolute Gasteiger partial charge is 0.290 e. The van der Waals surface area contributed by atoms with Crippen molar-refractivity contribution in [3.8, 4) is 0 Å².